The molecule has 2 rings (SSSR count). The highest BCUT2D eigenvalue weighted by atomic mass is 19.4. The molecule has 18 heavy (non-hydrogen) atoms. The normalized spacial score (nSPS) is 13.3. The molecule has 96 valence electrons. The van der Waals surface area contributed by atoms with Crippen molar-refractivity contribution in [2.45, 2.75) is 19.1 Å². The van der Waals surface area contributed by atoms with Crippen LogP contribution in [0.15, 0.2) is 12.3 Å². The Bertz CT molecular complexity index is 510. The Morgan fingerprint density at radius 1 is 1.39 bits per heavy atom. The molecule has 1 atom stereocenters. The van der Waals surface area contributed by atoms with Crippen molar-refractivity contribution in [2.75, 3.05) is 5.32 Å². The average molecular weight is 259 g/mol. The van der Waals surface area contributed by atoms with E-state index in [-0.39, 0.29) is 5.82 Å². The first-order chi connectivity index (χ1) is 8.47. The zero-order chi connectivity index (χ0) is 13.2. The number of hydrogen-bond donors (Lipinski definition) is 2. The van der Waals surface area contributed by atoms with Crippen molar-refractivity contribution in [1.82, 2.24) is 30.6 Å². The molecule has 0 saturated carbocycles. The van der Waals surface area contributed by atoms with Gasteiger partial charge in [-0.2, -0.15) is 18.4 Å². The Kier molecular flexibility index (Phi) is 3.08. The maximum atomic E-state index is 12.4. The van der Waals surface area contributed by atoms with Crippen molar-refractivity contribution in [3.63, 3.8) is 0 Å². The molecule has 2 aromatic rings. The Morgan fingerprint density at radius 2 is 2.17 bits per heavy atom. The Morgan fingerprint density at radius 3 is 2.78 bits per heavy atom. The minimum atomic E-state index is -4.58. The van der Waals surface area contributed by atoms with E-state index in [2.05, 4.69) is 35.9 Å². The first kappa shape index (κ1) is 12.2. The van der Waals surface area contributed by atoms with Gasteiger partial charge in [0, 0.05) is 6.20 Å². The largest absolute Gasteiger partial charge is 0.451 e. The van der Waals surface area contributed by atoms with E-state index < -0.39 is 18.0 Å². The third-order valence-electron chi connectivity index (χ3n) is 2.02. The van der Waals surface area contributed by atoms with Gasteiger partial charge in [-0.15, -0.1) is 10.2 Å². The highest BCUT2D eigenvalue weighted by Gasteiger charge is 2.34. The summed E-state index contributed by atoms with van der Waals surface area (Å²) in [7, 11) is 0. The van der Waals surface area contributed by atoms with Gasteiger partial charge in [0.05, 0.1) is 6.04 Å². The summed E-state index contributed by atoms with van der Waals surface area (Å²) >= 11 is 0. The number of nitrogens with zero attached hydrogens (tertiary/aromatic N) is 5. The van der Waals surface area contributed by atoms with Gasteiger partial charge in [-0.05, 0) is 13.0 Å². The summed E-state index contributed by atoms with van der Waals surface area (Å²) in [5.74, 6) is -0.843. The number of aromatic amines is 1. The molecular weight excluding hydrogens is 251 g/mol. The summed E-state index contributed by atoms with van der Waals surface area (Å²) in [6, 6.07) is 0.894. The first-order valence-electron chi connectivity index (χ1n) is 4.87. The van der Waals surface area contributed by atoms with E-state index in [4.69, 9.17) is 0 Å². The average Bonchev–Trinajstić information content (AvgIpc) is 2.81. The second-order valence-electron chi connectivity index (χ2n) is 3.40. The van der Waals surface area contributed by atoms with Crippen LogP contribution in [0.1, 0.15) is 24.6 Å². The number of alkyl halides is 3. The molecule has 1 unspecified atom stereocenters. The van der Waals surface area contributed by atoms with E-state index in [1.54, 1.807) is 6.92 Å². The maximum absolute atomic E-state index is 12.4. The molecule has 0 amide bonds. The van der Waals surface area contributed by atoms with Crippen molar-refractivity contribution >= 4 is 5.82 Å². The number of halogens is 3. The molecule has 0 aliphatic heterocycles. The number of rotatable bonds is 3. The van der Waals surface area contributed by atoms with Crippen molar-refractivity contribution < 1.29 is 13.2 Å². The molecule has 2 aromatic heterocycles. The van der Waals surface area contributed by atoms with Crippen LogP contribution in [-0.4, -0.2) is 30.6 Å². The molecule has 0 radical (unpaired) electrons. The zero-order valence-corrected chi connectivity index (χ0v) is 9.10. The van der Waals surface area contributed by atoms with Crippen LogP contribution in [0.5, 0.6) is 0 Å². The lowest BCUT2D eigenvalue weighted by molar-refractivity contribution is -0.144. The lowest BCUT2D eigenvalue weighted by Gasteiger charge is -2.11. The van der Waals surface area contributed by atoms with Gasteiger partial charge in [0.1, 0.15) is 5.82 Å². The van der Waals surface area contributed by atoms with E-state index in [0.29, 0.717) is 5.82 Å². The highest BCUT2D eigenvalue weighted by Crippen LogP contribution is 2.26. The molecule has 0 fully saturated rings. The van der Waals surface area contributed by atoms with Crippen LogP contribution in [0.3, 0.4) is 0 Å². The van der Waals surface area contributed by atoms with Gasteiger partial charge < -0.3 is 5.32 Å². The second-order valence-corrected chi connectivity index (χ2v) is 3.40. The predicted octanol–water partition coefficient (Wildman–Crippen LogP) is 1.18. The molecule has 0 saturated heterocycles. The smallest absolute Gasteiger partial charge is 0.360 e. The number of aromatic nitrogens is 6. The number of hydrogen-bond acceptors (Lipinski definition) is 6. The van der Waals surface area contributed by atoms with Crippen LogP contribution in [-0.2, 0) is 6.18 Å². The number of nitrogens with one attached hydrogen (secondary N) is 2. The van der Waals surface area contributed by atoms with E-state index in [1.165, 1.54) is 6.07 Å². The Hall–Kier alpha value is -2.26. The first-order valence-corrected chi connectivity index (χ1v) is 4.87. The second kappa shape index (κ2) is 4.55. The predicted molar refractivity (Wildman–Crippen MR) is 53.2 cm³/mol. The zero-order valence-electron chi connectivity index (χ0n) is 9.10. The fourth-order valence-electron chi connectivity index (χ4n) is 1.22. The quantitative estimate of drug-likeness (QED) is 0.859. The highest BCUT2D eigenvalue weighted by molar-refractivity contribution is 5.35. The summed E-state index contributed by atoms with van der Waals surface area (Å²) in [6.07, 6.45) is -3.55. The van der Waals surface area contributed by atoms with Gasteiger partial charge >= 0.3 is 6.18 Å². The Balaban J connectivity index is 2.15. The molecular formula is C8H8F3N7. The van der Waals surface area contributed by atoms with Crippen LogP contribution in [0.25, 0.3) is 0 Å². The van der Waals surface area contributed by atoms with Crippen LogP contribution < -0.4 is 5.32 Å². The van der Waals surface area contributed by atoms with Gasteiger partial charge in [-0.25, -0.2) is 9.97 Å². The summed E-state index contributed by atoms with van der Waals surface area (Å²) in [5.41, 5.74) is 0. The summed E-state index contributed by atoms with van der Waals surface area (Å²) in [6.45, 7) is 1.67. The summed E-state index contributed by atoms with van der Waals surface area (Å²) in [4.78, 5) is 6.52. The van der Waals surface area contributed by atoms with Gasteiger partial charge in [0.25, 0.3) is 0 Å². The van der Waals surface area contributed by atoms with Gasteiger partial charge in [-0.3, -0.25) is 0 Å². The minimum absolute atomic E-state index is 0.0367. The third-order valence-corrected chi connectivity index (χ3v) is 2.02. The Labute approximate surface area is 98.8 Å². The third kappa shape index (κ3) is 2.70. The fraction of sp³-hybridized carbons (Fsp3) is 0.375. The number of anilines is 1. The molecule has 7 nitrogen and oxygen atoms in total. The summed E-state index contributed by atoms with van der Waals surface area (Å²) in [5, 5.41) is 15.7. The van der Waals surface area contributed by atoms with Crippen molar-refractivity contribution in [1.29, 1.82) is 0 Å². The fourth-order valence-corrected chi connectivity index (χ4v) is 1.22. The van der Waals surface area contributed by atoms with Gasteiger partial charge in [0.2, 0.25) is 5.82 Å². The molecule has 0 aromatic carbocycles. The van der Waals surface area contributed by atoms with Gasteiger partial charge in [0.15, 0.2) is 5.82 Å². The molecule has 2 N–H and O–H groups in total. The molecule has 2 heterocycles. The topological polar surface area (TPSA) is 92.3 Å². The van der Waals surface area contributed by atoms with E-state index in [9.17, 15) is 13.2 Å². The van der Waals surface area contributed by atoms with Crippen molar-refractivity contribution in [2.24, 2.45) is 0 Å². The number of H-pyrrole nitrogens is 1. The lowest BCUT2D eigenvalue weighted by atomic mass is 10.3. The molecule has 0 spiro atoms. The summed E-state index contributed by atoms with van der Waals surface area (Å²) < 4.78 is 37.2. The lowest BCUT2D eigenvalue weighted by Crippen LogP contribution is -2.14. The van der Waals surface area contributed by atoms with Gasteiger partial charge in [-0.1, -0.05) is 5.21 Å². The van der Waals surface area contributed by atoms with E-state index >= 15 is 0 Å². The number of tetrazole rings is 1. The van der Waals surface area contributed by atoms with E-state index in [1.807, 2.05) is 0 Å². The van der Waals surface area contributed by atoms with Crippen LogP contribution >= 0.6 is 0 Å². The standard InChI is InChI=1S/C8H8F3N7/c1-4(6-15-17-18-16-6)13-5-2-3-12-7(14-5)8(9,10)11/h2-4H,1H3,(H,12,13,14)(H,15,16,17,18). The van der Waals surface area contributed by atoms with Crippen molar-refractivity contribution in [3.8, 4) is 0 Å². The van der Waals surface area contributed by atoms with Crippen molar-refractivity contribution in [3.05, 3.63) is 23.9 Å². The SMILES string of the molecule is CC(Nc1ccnc(C(F)(F)F)n1)c1nn[nH]n1. The van der Waals surface area contributed by atoms with Crippen LogP contribution in [0.2, 0.25) is 0 Å². The van der Waals surface area contributed by atoms with E-state index in [0.717, 1.165) is 6.20 Å². The monoisotopic (exact) mass is 259 g/mol. The van der Waals surface area contributed by atoms with Crippen LogP contribution in [0, 0.1) is 0 Å². The maximum Gasteiger partial charge on any atom is 0.451 e. The molecule has 0 aliphatic carbocycles. The minimum Gasteiger partial charge on any atom is -0.360 e. The van der Waals surface area contributed by atoms with Crippen LogP contribution in [0.4, 0.5) is 19.0 Å². The molecule has 0 aliphatic rings. The molecule has 0 bridgehead atoms. The molecule has 10 heteroatoms.